The number of nitrogen functional groups attached to an aromatic ring is 1. The van der Waals surface area contributed by atoms with E-state index >= 15 is 0 Å². The summed E-state index contributed by atoms with van der Waals surface area (Å²) < 4.78 is 10.3. The molecule has 1 heterocycles. The largest absolute Gasteiger partial charge is 0.378 e. The Kier molecular flexibility index (Phi) is 2.00. The maximum absolute atomic E-state index is 5.46. The minimum Gasteiger partial charge on any atom is -0.378 e. The minimum atomic E-state index is 0.00329. The molecule has 1 aliphatic rings. The average molecular weight is 182 g/mol. The molecule has 1 aliphatic carbocycles. The molecule has 4 nitrogen and oxygen atoms in total. The number of ether oxygens (including phenoxy) is 1. The summed E-state index contributed by atoms with van der Waals surface area (Å²) in [6, 6.07) is 1.76. The molecular formula is C9H14N2O2. The van der Waals surface area contributed by atoms with E-state index in [2.05, 4.69) is 5.16 Å². The predicted octanol–water partition coefficient (Wildman–Crippen LogP) is 1.37. The van der Waals surface area contributed by atoms with E-state index in [1.807, 2.05) is 0 Å². The van der Waals surface area contributed by atoms with E-state index in [-0.39, 0.29) is 5.60 Å². The molecule has 0 aromatic carbocycles. The smallest absolute Gasteiger partial charge is 0.222 e. The van der Waals surface area contributed by atoms with Crippen LogP contribution in [0, 0.1) is 0 Å². The van der Waals surface area contributed by atoms with Crippen molar-refractivity contribution >= 4 is 5.88 Å². The predicted molar refractivity (Wildman–Crippen MR) is 48.2 cm³/mol. The first-order valence-corrected chi connectivity index (χ1v) is 4.50. The number of anilines is 1. The lowest BCUT2D eigenvalue weighted by atomic mass is 9.77. The van der Waals surface area contributed by atoms with Crippen LogP contribution in [0.4, 0.5) is 5.88 Å². The summed E-state index contributed by atoms with van der Waals surface area (Å²) >= 11 is 0. The number of nitrogens with two attached hydrogens (primary N) is 1. The van der Waals surface area contributed by atoms with Gasteiger partial charge in [0.05, 0.1) is 11.3 Å². The fourth-order valence-corrected chi connectivity index (χ4v) is 1.77. The molecule has 2 rings (SSSR count). The maximum Gasteiger partial charge on any atom is 0.222 e. The SMILES string of the molecule is COC1(Cc2cc(N)on2)CCC1. The van der Waals surface area contributed by atoms with E-state index in [9.17, 15) is 0 Å². The summed E-state index contributed by atoms with van der Waals surface area (Å²) in [6.45, 7) is 0. The molecule has 2 N–H and O–H groups in total. The van der Waals surface area contributed by atoms with Crippen LogP contribution in [0.3, 0.4) is 0 Å². The molecule has 0 atom stereocenters. The summed E-state index contributed by atoms with van der Waals surface area (Å²) in [5, 5.41) is 3.85. The van der Waals surface area contributed by atoms with Gasteiger partial charge in [0.25, 0.3) is 0 Å². The van der Waals surface area contributed by atoms with Crippen LogP contribution >= 0.6 is 0 Å². The van der Waals surface area contributed by atoms with Gasteiger partial charge in [-0.15, -0.1) is 0 Å². The van der Waals surface area contributed by atoms with Gasteiger partial charge < -0.3 is 15.0 Å². The third-order valence-corrected chi connectivity index (χ3v) is 2.78. The van der Waals surface area contributed by atoms with Crippen molar-refractivity contribution in [1.82, 2.24) is 5.16 Å². The third-order valence-electron chi connectivity index (χ3n) is 2.78. The Hall–Kier alpha value is -1.03. The van der Waals surface area contributed by atoms with Gasteiger partial charge in [0, 0.05) is 19.6 Å². The zero-order valence-electron chi connectivity index (χ0n) is 7.75. The van der Waals surface area contributed by atoms with Crippen LogP contribution in [0.25, 0.3) is 0 Å². The first-order chi connectivity index (χ1) is 6.24. The molecule has 0 spiro atoms. The maximum atomic E-state index is 5.46. The van der Waals surface area contributed by atoms with Gasteiger partial charge in [0.2, 0.25) is 5.88 Å². The van der Waals surface area contributed by atoms with Gasteiger partial charge in [-0.1, -0.05) is 5.16 Å². The van der Waals surface area contributed by atoms with E-state index in [1.54, 1.807) is 13.2 Å². The van der Waals surface area contributed by atoms with E-state index in [0.29, 0.717) is 5.88 Å². The second-order valence-electron chi connectivity index (χ2n) is 3.64. The van der Waals surface area contributed by atoms with Gasteiger partial charge in [0.1, 0.15) is 0 Å². The van der Waals surface area contributed by atoms with Crippen molar-refractivity contribution in [3.05, 3.63) is 11.8 Å². The molecule has 13 heavy (non-hydrogen) atoms. The van der Waals surface area contributed by atoms with Crippen molar-refractivity contribution < 1.29 is 9.26 Å². The van der Waals surface area contributed by atoms with Crippen LogP contribution in [-0.4, -0.2) is 17.9 Å². The van der Waals surface area contributed by atoms with Gasteiger partial charge in [0.15, 0.2) is 0 Å². The molecule has 0 bridgehead atoms. The average Bonchev–Trinajstić information content (AvgIpc) is 2.44. The lowest BCUT2D eigenvalue weighted by molar-refractivity contribution is -0.0717. The second-order valence-corrected chi connectivity index (χ2v) is 3.64. The quantitative estimate of drug-likeness (QED) is 0.766. The molecule has 1 aromatic heterocycles. The number of hydrogen-bond acceptors (Lipinski definition) is 4. The molecule has 1 aromatic rings. The number of methoxy groups -OCH3 is 1. The number of nitrogens with zero attached hydrogens (tertiary/aromatic N) is 1. The summed E-state index contributed by atoms with van der Waals surface area (Å²) in [6.07, 6.45) is 4.26. The van der Waals surface area contributed by atoms with E-state index < -0.39 is 0 Å². The first-order valence-electron chi connectivity index (χ1n) is 4.50. The van der Waals surface area contributed by atoms with Crippen molar-refractivity contribution in [1.29, 1.82) is 0 Å². The Balaban J connectivity index is 2.04. The molecule has 0 saturated heterocycles. The van der Waals surface area contributed by atoms with Gasteiger partial charge in [-0.25, -0.2) is 0 Å². The third kappa shape index (κ3) is 1.54. The molecule has 4 heteroatoms. The zero-order chi connectivity index (χ0) is 9.31. The standard InChI is InChI=1S/C9H14N2O2/c1-12-9(3-2-4-9)6-7-5-8(10)13-11-7/h5H,2-4,6,10H2,1H3. The van der Waals surface area contributed by atoms with Crippen LogP contribution < -0.4 is 5.73 Å². The fourth-order valence-electron chi connectivity index (χ4n) is 1.77. The van der Waals surface area contributed by atoms with Gasteiger partial charge >= 0.3 is 0 Å². The molecule has 1 saturated carbocycles. The highest BCUT2D eigenvalue weighted by Crippen LogP contribution is 2.37. The Morgan fingerprint density at radius 2 is 2.46 bits per heavy atom. The molecule has 0 aliphatic heterocycles. The van der Waals surface area contributed by atoms with Gasteiger partial charge in [-0.2, -0.15) is 0 Å². The van der Waals surface area contributed by atoms with Crippen LogP contribution in [0.1, 0.15) is 25.0 Å². The van der Waals surface area contributed by atoms with E-state index in [0.717, 1.165) is 25.0 Å². The highest BCUT2D eigenvalue weighted by atomic mass is 16.5. The summed E-state index contributed by atoms with van der Waals surface area (Å²) in [5.74, 6) is 0.376. The fraction of sp³-hybridized carbons (Fsp3) is 0.667. The highest BCUT2D eigenvalue weighted by Gasteiger charge is 2.37. The van der Waals surface area contributed by atoms with Crippen molar-refractivity contribution in [2.75, 3.05) is 12.8 Å². The van der Waals surface area contributed by atoms with Crippen molar-refractivity contribution in [3.63, 3.8) is 0 Å². The minimum absolute atomic E-state index is 0.00329. The van der Waals surface area contributed by atoms with Crippen LogP contribution in [0.2, 0.25) is 0 Å². The Bertz CT molecular complexity index is 286. The number of aromatic nitrogens is 1. The van der Waals surface area contributed by atoms with E-state index in [1.165, 1.54) is 6.42 Å². The van der Waals surface area contributed by atoms with Gasteiger partial charge in [-0.05, 0) is 19.3 Å². The van der Waals surface area contributed by atoms with Crippen molar-refractivity contribution in [3.8, 4) is 0 Å². The molecule has 0 amide bonds. The lowest BCUT2D eigenvalue weighted by Crippen LogP contribution is -2.41. The van der Waals surface area contributed by atoms with Crippen molar-refractivity contribution in [2.24, 2.45) is 0 Å². The van der Waals surface area contributed by atoms with Crippen LogP contribution in [0.5, 0.6) is 0 Å². The zero-order valence-corrected chi connectivity index (χ0v) is 7.75. The van der Waals surface area contributed by atoms with Gasteiger partial charge in [-0.3, -0.25) is 0 Å². The Morgan fingerprint density at radius 3 is 2.85 bits per heavy atom. The second kappa shape index (κ2) is 3.03. The molecule has 0 radical (unpaired) electrons. The topological polar surface area (TPSA) is 61.3 Å². The summed E-state index contributed by atoms with van der Waals surface area (Å²) in [7, 11) is 1.75. The van der Waals surface area contributed by atoms with Crippen LogP contribution in [0.15, 0.2) is 10.6 Å². The first kappa shape index (κ1) is 8.56. The molecule has 1 fully saturated rings. The van der Waals surface area contributed by atoms with E-state index in [4.69, 9.17) is 15.0 Å². The number of rotatable bonds is 3. The normalized spacial score (nSPS) is 19.8. The molecule has 0 unspecified atom stereocenters. The summed E-state index contributed by atoms with van der Waals surface area (Å²) in [5.41, 5.74) is 6.32. The number of hydrogen-bond donors (Lipinski definition) is 1. The monoisotopic (exact) mass is 182 g/mol. The Morgan fingerprint density at radius 1 is 1.69 bits per heavy atom. The molecular weight excluding hydrogens is 168 g/mol. The highest BCUT2D eigenvalue weighted by molar-refractivity contribution is 5.25. The Labute approximate surface area is 77.0 Å². The van der Waals surface area contributed by atoms with Crippen molar-refractivity contribution in [2.45, 2.75) is 31.3 Å². The van der Waals surface area contributed by atoms with Crippen LogP contribution in [-0.2, 0) is 11.2 Å². The lowest BCUT2D eigenvalue weighted by Gasteiger charge is -2.39. The molecule has 72 valence electrons. The summed E-state index contributed by atoms with van der Waals surface area (Å²) in [4.78, 5) is 0.